The van der Waals surface area contributed by atoms with Crippen LogP contribution >= 0.6 is 23.2 Å². The lowest BCUT2D eigenvalue weighted by Crippen LogP contribution is -3.00. The van der Waals surface area contributed by atoms with E-state index >= 15 is 0 Å². The summed E-state index contributed by atoms with van der Waals surface area (Å²) in [5.74, 6) is 0. The Kier molecular flexibility index (Phi) is 6.12. The zero-order valence-electron chi connectivity index (χ0n) is 11.0. The molecule has 0 saturated heterocycles. The Bertz CT molecular complexity index is 567. The van der Waals surface area contributed by atoms with Gasteiger partial charge in [0.05, 0.1) is 10.0 Å². The molecule has 0 N–H and O–H groups in total. The van der Waals surface area contributed by atoms with E-state index in [1.807, 2.05) is 18.2 Å². The molecule has 0 aliphatic rings. The molecule has 4 heteroatoms. The highest BCUT2D eigenvalue weighted by molar-refractivity contribution is 6.42. The van der Waals surface area contributed by atoms with Crippen LogP contribution in [0, 0.1) is 6.92 Å². The summed E-state index contributed by atoms with van der Waals surface area (Å²) in [5.41, 5.74) is 3.73. The minimum absolute atomic E-state index is 0. The summed E-state index contributed by atoms with van der Waals surface area (Å²) in [7, 11) is 0. The molecule has 1 aromatic carbocycles. The lowest BCUT2D eigenvalue weighted by molar-refractivity contribution is -0.694. The molecule has 0 unspecified atom stereocenters. The number of halogens is 3. The van der Waals surface area contributed by atoms with Gasteiger partial charge in [-0.15, -0.1) is 0 Å². The first-order chi connectivity index (χ1) is 8.60. The molecule has 1 heterocycles. The number of nitrogens with zero attached hydrogens (tertiary/aromatic N) is 1. The molecule has 1 aromatic heterocycles. The molecule has 0 bridgehead atoms. The maximum absolute atomic E-state index is 6.04. The number of benzene rings is 1. The summed E-state index contributed by atoms with van der Waals surface area (Å²) in [4.78, 5) is 0. The van der Waals surface area contributed by atoms with Crippen LogP contribution in [0.3, 0.4) is 0 Å². The van der Waals surface area contributed by atoms with E-state index in [2.05, 4.69) is 36.7 Å². The Morgan fingerprint density at radius 3 is 2.32 bits per heavy atom. The van der Waals surface area contributed by atoms with Crippen molar-refractivity contribution in [2.45, 2.75) is 26.8 Å². The first kappa shape index (κ1) is 16.3. The summed E-state index contributed by atoms with van der Waals surface area (Å²) in [5, 5.41) is 1.21. The van der Waals surface area contributed by atoms with Crippen LogP contribution < -0.4 is 17.0 Å². The third-order valence-electron chi connectivity index (χ3n) is 3.06. The summed E-state index contributed by atoms with van der Waals surface area (Å²) >= 11 is 12.0. The van der Waals surface area contributed by atoms with Crippen molar-refractivity contribution < 1.29 is 17.0 Å². The van der Waals surface area contributed by atoms with Crippen molar-refractivity contribution in [1.82, 2.24) is 0 Å². The van der Waals surface area contributed by atoms with Crippen molar-refractivity contribution in [1.29, 1.82) is 0 Å². The monoisotopic (exact) mass is 315 g/mol. The summed E-state index contributed by atoms with van der Waals surface area (Å²) in [6.07, 6.45) is 3.24. The average molecular weight is 317 g/mol. The number of hydrogen-bond donors (Lipinski definition) is 0. The van der Waals surface area contributed by atoms with Crippen LogP contribution in [0.2, 0.25) is 10.0 Å². The van der Waals surface area contributed by atoms with E-state index in [1.165, 1.54) is 11.3 Å². The maximum Gasteiger partial charge on any atom is 0.178 e. The largest absolute Gasteiger partial charge is 1.00 e. The second-order valence-electron chi connectivity index (χ2n) is 4.41. The first-order valence-corrected chi connectivity index (χ1v) is 6.78. The highest BCUT2D eigenvalue weighted by Crippen LogP contribution is 2.22. The van der Waals surface area contributed by atoms with Crippen molar-refractivity contribution in [3.63, 3.8) is 0 Å². The van der Waals surface area contributed by atoms with Crippen molar-refractivity contribution in [3.05, 3.63) is 63.4 Å². The number of hydrogen-bond acceptors (Lipinski definition) is 0. The predicted octanol–water partition coefficient (Wildman–Crippen LogP) is 1.20. The van der Waals surface area contributed by atoms with Gasteiger partial charge in [-0.2, -0.15) is 4.57 Å². The average Bonchev–Trinajstić information content (AvgIpc) is 2.36. The topological polar surface area (TPSA) is 3.88 Å². The van der Waals surface area contributed by atoms with Crippen LogP contribution in [-0.4, -0.2) is 0 Å². The minimum atomic E-state index is 0. The van der Waals surface area contributed by atoms with Crippen molar-refractivity contribution in [2.75, 3.05) is 0 Å². The highest BCUT2D eigenvalue weighted by atomic mass is 35.5. The molecule has 0 atom stereocenters. The van der Waals surface area contributed by atoms with Crippen LogP contribution in [0.1, 0.15) is 23.7 Å². The van der Waals surface area contributed by atoms with Crippen molar-refractivity contribution >= 4 is 23.2 Å². The molecule has 2 aromatic rings. The minimum Gasteiger partial charge on any atom is -1.00 e. The molecule has 1 nitrogen and oxygen atoms in total. The lowest BCUT2D eigenvalue weighted by Gasteiger charge is -2.04. The van der Waals surface area contributed by atoms with Gasteiger partial charge in [0.15, 0.2) is 18.4 Å². The van der Waals surface area contributed by atoms with Crippen LogP contribution in [0.25, 0.3) is 0 Å². The smallest absolute Gasteiger partial charge is 0.178 e. The maximum atomic E-state index is 6.04. The second-order valence-corrected chi connectivity index (χ2v) is 5.22. The standard InChI is InChI=1S/C15H16Cl2N.ClH/c1-3-12-5-4-11(2)18(9-12)10-13-6-7-14(16)15(17)8-13;/h4-9H,3,10H2,1-2H3;1H/q+1;/p-1. The van der Waals surface area contributed by atoms with Gasteiger partial charge in [-0.1, -0.05) is 36.2 Å². The van der Waals surface area contributed by atoms with Crippen molar-refractivity contribution in [3.8, 4) is 0 Å². The fraction of sp³-hybridized carbons (Fsp3) is 0.267. The normalized spacial score (nSPS) is 10.1. The van der Waals surface area contributed by atoms with Gasteiger partial charge in [0.1, 0.15) is 0 Å². The van der Waals surface area contributed by atoms with E-state index in [9.17, 15) is 0 Å². The number of aryl methyl sites for hydroxylation is 2. The van der Waals surface area contributed by atoms with Gasteiger partial charge in [-0.25, -0.2) is 0 Å². The van der Waals surface area contributed by atoms with Crippen LogP contribution in [-0.2, 0) is 13.0 Å². The van der Waals surface area contributed by atoms with Gasteiger partial charge in [0.25, 0.3) is 0 Å². The Hall–Kier alpha value is -0.760. The van der Waals surface area contributed by atoms with E-state index in [1.54, 1.807) is 0 Å². The quantitative estimate of drug-likeness (QED) is 0.749. The molecule has 19 heavy (non-hydrogen) atoms. The molecule has 0 amide bonds. The number of rotatable bonds is 3. The molecule has 2 rings (SSSR count). The van der Waals surface area contributed by atoms with Gasteiger partial charge in [-0.05, 0) is 24.6 Å². The summed E-state index contributed by atoms with van der Waals surface area (Å²) in [6, 6.07) is 10.1. The molecular weight excluding hydrogens is 301 g/mol. The fourth-order valence-corrected chi connectivity index (χ4v) is 2.20. The molecule has 0 aliphatic carbocycles. The predicted molar refractivity (Wildman–Crippen MR) is 76.3 cm³/mol. The van der Waals surface area contributed by atoms with E-state index in [-0.39, 0.29) is 12.4 Å². The van der Waals surface area contributed by atoms with Crippen molar-refractivity contribution in [2.24, 2.45) is 0 Å². The first-order valence-electron chi connectivity index (χ1n) is 6.03. The van der Waals surface area contributed by atoms with Crippen LogP contribution in [0.4, 0.5) is 0 Å². The lowest BCUT2D eigenvalue weighted by atomic mass is 10.2. The SMILES string of the molecule is CCc1ccc(C)[n+](Cc2ccc(Cl)c(Cl)c2)c1.[Cl-]. The van der Waals surface area contributed by atoms with E-state index in [4.69, 9.17) is 23.2 Å². The fourth-order valence-electron chi connectivity index (χ4n) is 1.88. The van der Waals surface area contributed by atoms with Gasteiger partial charge in [-0.3, -0.25) is 0 Å². The molecule has 0 spiro atoms. The van der Waals surface area contributed by atoms with Crippen LogP contribution in [0.15, 0.2) is 36.5 Å². The molecule has 0 fully saturated rings. The number of aromatic nitrogens is 1. The van der Waals surface area contributed by atoms with Crippen LogP contribution in [0.5, 0.6) is 0 Å². The van der Waals surface area contributed by atoms with Gasteiger partial charge in [0, 0.05) is 24.1 Å². The highest BCUT2D eigenvalue weighted by Gasteiger charge is 2.09. The third-order valence-corrected chi connectivity index (χ3v) is 3.80. The molecule has 0 saturated carbocycles. The van der Waals surface area contributed by atoms with Gasteiger partial charge >= 0.3 is 0 Å². The van der Waals surface area contributed by atoms with E-state index < -0.39 is 0 Å². The van der Waals surface area contributed by atoms with Gasteiger partial charge < -0.3 is 12.4 Å². The van der Waals surface area contributed by atoms with E-state index in [0.717, 1.165) is 18.5 Å². The number of pyridine rings is 1. The zero-order chi connectivity index (χ0) is 13.1. The molecule has 0 radical (unpaired) electrons. The molecule has 102 valence electrons. The second kappa shape index (κ2) is 7.14. The molecule has 0 aliphatic heterocycles. The summed E-state index contributed by atoms with van der Waals surface area (Å²) < 4.78 is 2.23. The Morgan fingerprint density at radius 1 is 1.00 bits per heavy atom. The Labute approximate surface area is 130 Å². The van der Waals surface area contributed by atoms with E-state index in [0.29, 0.717) is 10.0 Å². The summed E-state index contributed by atoms with van der Waals surface area (Å²) in [6.45, 7) is 5.09. The van der Waals surface area contributed by atoms with Gasteiger partial charge in [0.2, 0.25) is 0 Å². The molecular formula is C15H16Cl3N. The Balaban J connectivity index is 0.00000180. The zero-order valence-corrected chi connectivity index (χ0v) is 13.2. The Morgan fingerprint density at radius 2 is 1.68 bits per heavy atom. The third kappa shape index (κ3) is 4.10.